The van der Waals surface area contributed by atoms with Crippen LogP contribution in [0.4, 0.5) is 0 Å². The molecule has 0 aromatic rings. The van der Waals surface area contributed by atoms with E-state index in [1.807, 2.05) is 20.8 Å². The van der Waals surface area contributed by atoms with Crippen molar-refractivity contribution in [2.24, 2.45) is 23.2 Å². The summed E-state index contributed by atoms with van der Waals surface area (Å²) in [4.78, 5) is 0. The topological polar surface area (TPSA) is 57.2 Å². The van der Waals surface area contributed by atoms with Crippen LogP contribution in [0.5, 0.6) is 0 Å². The molecule has 4 rings (SSSR count). The molecule has 0 radical (unpaired) electrons. The van der Waals surface area contributed by atoms with Gasteiger partial charge < -0.3 is 24.1 Å². The van der Waals surface area contributed by atoms with E-state index in [2.05, 4.69) is 39.8 Å². The number of ether oxygens (including phenoxy) is 4. The first kappa shape index (κ1) is 29.3. The molecule has 0 unspecified atom stereocenters. The maximum absolute atomic E-state index is 10.9. The fourth-order valence-corrected chi connectivity index (χ4v) is 8.30. The highest BCUT2D eigenvalue weighted by atomic mass is 16.8. The van der Waals surface area contributed by atoms with Crippen LogP contribution in [0, 0.1) is 23.2 Å². The van der Waals surface area contributed by atoms with Crippen LogP contribution in [0.2, 0.25) is 0 Å². The summed E-state index contributed by atoms with van der Waals surface area (Å²) in [7, 11) is 1.69. The Labute approximate surface area is 226 Å². The first-order valence-corrected chi connectivity index (χ1v) is 14.9. The van der Waals surface area contributed by atoms with Crippen LogP contribution >= 0.6 is 0 Å². The highest BCUT2D eigenvalue weighted by molar-refractivity contribution is 5.28. The lowest BCUT2D eigenvalue weighted by atomic mass is 9.60. The largest absolute Gasteiger partial charge is 0.390 e. The summed E-state index contributed by atoms with van der Waals surface area (Å²) in [6.45, 7) is 15.7. The average molecular weight is 519 g/mol. The Hall–Kier alpha value is -0.720. The van der Waals surface area contributed by atoms with Gasteiger partial charge in [-0.1, -0.05) is 50.0 Å². The number of methoxy groups -OCH3 is 1. The van der Waals surface area contributed by atoms with Crippen molar-refractivity contribution in [1.82, 2.24) is 0 Å². The molecule has 4 fully saturated rings. The van der Waals surface area contributed by atoms with Crippen LogP contribution in [0.3, 0.4) is 0 Å². The summed E-state index contributed by atoms with van der Waals surface area (Å²) in [6, 6.07) is 0. The van der Waals surface area contributed by atoms with Crippen LogP contribution in [-0.2, 0) is 18.9 Å². The molecule has 3 aliphatic carbocycles. The van der Waals surface area contributed by atoms with Gasteiger partial charge in [-0.3, -0.25) is 0 Å². The summed E-state index contributed by atoms with van der Waals surface area (Å²) < 4.78 is 23.3. The van der Waals surface area contributed by atoms with Gasteiger partial charge in [0.15, 0.2) is 5.79 Å². The van der Waals surface area contributed by atoms with Crippen molar-refractivity contribution in [3.05, 3.63) is 23.3 Å². The molecule has 212 valence electrons. The molecule has 3 saturated carbocycles. The van der Waals surface area contributed by atoms with Gasteiger partial charge in [-0.25, -0.2) is 0 Å². The van der Waals surface area contributed by atoms with E-state index in [-0.39, 0.29) is 11.7 Å². The van der Waals surface area contributed by atoms with Crippen molar-refractivity contribution in [3.63, 3.8) is 0 Å². The quantitative estimate of drug-likeness (QED) is 0.324. The van der Waals surface area contributed by atoms with Crippen molar-refractivity contribution in [3.8, 4) is 0 Å². The zero-order valence-electron chi connectivity index (χ0n) is 24.9. The van der Waals surface area contributed by atoms with Crippen molar-refractivity contribution in [1.29, 1.82) is 0 Å². The molecule has 1 heterocycles. The summed E-state index contributed by atoms with van der Waals surface area (Å²) in [5.74, 6) is 1.58. The maximum atomic E-state index is 10.9. The first-order chi connectivity index (χ1) is 17.3. The Morgan fingerprint density at radius 3 is 2.62 bits per heavy atom. The maximum Gasteiger partial charge on any atom is 0.164 e. The van der Waals surface area contributed by atoms with E-state index < -0.39 is 17.5 Å². The van der Waals surface area contributed by atoms with Crippen LogP contribution in [0.15, 0.2) is 23.3 Å². The molecule has 0 amide bonds. The van der Waals surface area contributed by atoms with Crippen molar-refractivity contribution < 1.29 is 24.1 Å². The second kappa shape index (κ2) is 11.0. The molecule has 0 aromatic heterocycles. The predicted octanol–water partition coefficient (Wildman–Crippen LogP) is 7.33. The summed E-state index contributed by atoms with van der Waals surface area (Å²) in [6.07, 6.45) is 15.7. The Bertz CT molecular complexity index is 859. The fraction of sp³-hybridized carbons (Fsp3) is 0.875. The molecule has 0 bridgehead atoms. The lowest BCUT2D eigenvalue weighted by Crippen LogP contribution is -2.51. The molecule has 0 spiro atoms. The molecule has 5 heteroatoms. The number of rotatable bonds is 9. The smallest absolute Gasteiger partial charge is 0.164 e. The first-order valence-electron chi connectivity index (χ1n) is 14.9. The molecule has 1 aliphatic heterocycles. The summed E-state index contributed by atoms with van der Waals surface area (Å²) in [5.41, 5.74) is 2.59. The van der Waals surface area contributed by atoms with Gasteiger partial charge in [0.2, 0.25) is 0 Å². The van der Waals surface area contributed by atoms with E-state index in [4.69, 9.17) is 18.9 Å². The minimum atomic E-state index is -0.637. The highest BCUT2D eigenvalue weighted by Gasteiger charge is 2.56. The van der Waals surface area contributed by atoms with Crippen molar-refractivity contribution >= 4 is 0 Å². The van der Waals surface area contributed by atoms with Crippen LogP contribution in [-0.4, -0.2) is 48.2 Å². The molecule has 4 aliphatic rings. The second-order valence-corrected chi connectivity index (χ2v) is 14.1. The molecule has 7 atom stereocenters. The minimum Gasteiger partial charge on any atom is -0.390 e. The van der Waals surface area contributed by atoms with Crippen LogP contribution in [0.1, 0.15) is 113 Å². The van der Waals surface area contributed by atoms with Gasteiger partial charge in [-0.15, -0.1) is 0 Å². The molecule has 37 heavy (non-hydrogen) atoms. The van der Waals surface area contributed by atoms with Gasteiger partial charge in [0, 0.05) is 7.11 Å². The lowest BCUT2D eigenvalue weighted by molar-refractivity contribution is -0.178. The third-order valence-electron chi connectivity index (χ3n) is 10.4. The van der Waals surface area contributed by atoms with Gasteiger partial charge in [0.25, 0.3) is 0 Å². The second-order valence-electron chi connectivity index (χ2n) is 14.1. The average Bonchev–Trinajstić information content (AvgIpc) is 3.29. The zero-order chi connectivity index (χ0) is 27.1. The molecular formula is C32H54O5. The van der Waals surface area contributed by atoms with Gasteiger partial charge in [0.1, 0.15) is 12.4 Å². The standard InChI is InChI=1S/C32H54O5/c1-22(11-9-17-29(2,3)35-21-34-8)25-15-16-26-24(12-10-18-31(25,26)6)14-13-23-19-27(33)32(7)28(20-23)36-30(4,5)37-32/h13-14,22,25-28,33H,9-12,15-21H2,1-8H3/b23-13+,24-14+/t22-,25-,26+,27-,28-,31-,32+/m1/s1. The highest BCUT2D eigenvalue weighted by Crippen LogP contribution is 2.60. The monoisotopic (exact) mass is 518 g/mol. The van der Waals surface area contributed by atoms with E-state index in [0.29, 0.717) is 24.5 Å². The van der Waals surface area contributed by atoms with E-state index in [1.54, 1.807) is 12.7 Å². The van der Waals surface area contributed by atoms with Crippen LogP contribution in [0.25, 0.3) is 0 Å². The van der Waals surface area contributed by atoms with Gasteiger partial charge in [-0.2, -0.15) is 0 Å². The third kappa shape index (κ3) is 6.22. The van der Waals surface area contributed by atoms with Gasteiger partial charge >= 0.3 is 0 Å². The van der Waals surface area contributed by atoms with E-state index in [0.717, 1.165) is 24.7 Å². The Balaban J connectivity index is 1.39. The molecule has 1 saturated heterocycles. The molecule has 1 N–H and O–H groups in total. The Kier molecular flexibility index (Phi) is 8.73. The van der Waals surface area contributed by atoms with E-state index >= 15 is 0 Å². The Morgan fingerprint density at radius 2 is 1.89 bits per heavy atom. The number of allylic oxidation sites excluding steroid dienone is 3. The number of fused-ring (bicyclic) bond motifs is 2. The predicted molar refractivity (Wildman–Crippen MR) is 148 cm³/mol. The normalized spacial score (nSPS) is 40.7. The number of aliphatic hydroxyl groups excluding tert-OH is 1. The van der Waals surface area contributed by atoms with Gasteiger partial charge in [0.05, 0.1) is 17.8 Å². The minimum absolute atomic E-state index is 0.0888. The fourth-order valence-electron chi connectivity index (χ4n) is 8.30. The summed E-state index contributed by atoms with van der Waals surface area (Å²) >= 11 is 0. The van der Waals surface area contributed by atoms with E-state index in [9.17, 15) is 5.11 Å². The van der Waals surface area contributed by atoms with Crippen LogP contribution < -0.4 is 0 Å². The van der Waals surface area contributed by atoms with Crippen molar-refractivity contribution in [2.75, 3.05) is 13.9 Å². The summed E-state index contributed by atoms with van der Waals surface area (Å²) in [5, 5.41) is 10.9. The number of hydrogen-bond acceptors (Lipinski definition) is 5. The number of aliphatic hydroxyl groups is 1. The van der Waals surface area contributed by atoms with E-state index in [1.165, 1.54) is 50.5 Å². The van der Waals surface area contributed by atoms with Crippen molar-refractivity contribution in [2.45, 2.75) is 142 Å². The molecule has 0 aromatic carbocycles. The lowest BCUT2D eigenvalue weighted by Gasteiger charge is -2.44. The van der Waals surface area contributed by atoms with Gasteiger partial charge in [-0.05, 0) is 109 Å². The zero-order valence-corrected chi connectivity index (χ0v) is 24.9. The Morgan fingerprint density at radius 1 is 1.14 bits per heavy atom. The third-order valence-corrected chi connectivity index (χ3v) is 10.4. The SMILES string of the molecule is COCOC(C)(C)CCC[C@@H](C)[C@H]1CC[C@H]2/C(=C/C=C3\C[C@@H](O)[C@]4(C)OC(C)(C)O[C@@H]4C3)CCC[C@]12C. The number of hydrogen-bond donors (Lipinski definition) is 1. The molecule has 5 nitrogen and oxygen atoms in total. The molecular weight excluding hydrogens is 464 g/mol.